The van der Waals surface area contributed by atoms with Crippen molar-refractivity contribution in [1.29, 1.82) is 0 Å². The molecule has 1 atom stereocenters. The average molecular weight is 313 g/mol. The molecule has 23 heavy (non-hydrogen) atoms. The lowest BCUT2D eigenvalue weighted by atomic mass is 10.0. The molecule has 6 nitrogen and oxygen atoms in total. The normalized spacial score (nSPS) is 18.0. The number of aliphatic hydroxyl groups excluding tert-OH is 1. The number of hydrogen-bond acceptors (Lipinski definition) is 4. The monoisotopic (exact) mass is 313 g/mol. The van der Waals surface area contributed by atoms with Gasteiger partial charge in [0.2, 0.25) is 0 Å². The van der Waals surface area contributed by atoms with E-state index < -0.39 is 0 Å². The molecule has 1 amide bonds. The second kappa shape index (κ2) is 6.16. The first kappa shape index (κ1) is 15.1. The van der Waals surface area contributed by atoms with Gasteiger partial charge in [0.05, 0.1) is 12.4 Å². The number of carbonyl (C=O) groups is 1. The van der Waals surface area contributed by atoms with Crippen LogP contribution < -0.4 is 0 Å². The first-order valence-electron chi connectivity index (χ1n) is 7.53. The second-order valence-electron chi connectivity index (χ2n) is 5.68. The van der Waals surface area contributed by atoms with Crippen LogP contribution in [0.3, 0.4) is 0 Å². The molecule has 2 aromatic rings. The Balaban J connectivity index is 1.76. The number of amides is 1. The molecular weight excluding hydrogens is 294 g/mol. The largest absolute Gasteiger partial charge is 0.508 e. The van der Waals surface area contributed by atoms with E-state index in [9.17, 15) is 15.0 Å². The van der Waals surface area contributed by atoms with E-state index in [1.807, 2.05) is 10.8 Å². The Labute approximate surface area is 134 Å². The maximum Gasteiger partial charge on any atom is 0.289 e. The summed E-state index contributed by atoms with van der Waals surface area (Å²) in [6.07, 6.45) is 6.10. The van der Waals surface area contributed by atoms with Crippen LogP contribution in [0.5, 0.6) is 5.75 Å². The van der Waals surface area contributed by atoms with Crippen LogP contribution in [-0.4, -0.2) is 37.1 Å². The van der Waals surface area contributed by atoms with Gasteiger partial charge in [-0.05, 0) is 31.0 Å². The van der Waals surface area contributed by atoms with E-state index in [2.05, 4.69) is 4.98 Å². The molecule has 0 bridgehead atoms. The van der Waals surface area contributed by atoms with Crippen molar-refractivity contribution in [2.24, 2.45) is 0 Å². The molecule has 2 N–H and O–H groups in total. The molecule has 120 valence electrons. The first-order valence-corrected chi connectivity index (χ1v) is 7.53. The van der Waals surface area contributed by atoms with Crippen LogP contribution in [0.15, 0.2) is 54.3 Å². The molecule has 1 aromatic heterocycles. The number of phenolic OH excluding ortho intramolecular Hbond substituents is 1. The highest BCUT2D eigenvalue weighted by Gasteiger charge is 2.37. The topological polar surface area (TPSA) is 78.6 Å². The van der Waals surface area contributed by atoms with Crippen LogP contribution in [0.4, 0.5) is 0 Å². The van der Waals surface area contributed by atoms with Crippen LogP contribution in [0.2, 0.25) is 0 Å². The van der Waals surface area contributed by atoms with Crippen LogP contribution in [-0.2, 0) is 11.3 Å². The molecule has 0 fully saturated rings. The van der Waals surface area contributed by atoms with Crippen molar-refractivity contribution >= 4 is 5.91 Å². The maximum atomic E-state index is 12.3. The molecule has 1 aliphatic heterocycles. The van der Waals surface area contributed by atoms with Crippen molar-refractivity contribution < 1.29 is 15.0 Å². The molecule has 0 radical (unpaired) electrons. The van der Waals surface area contributed by atoms with Gasteiger partial charge >= 0.3 is 0 Å². The Morgan fingerprint density at radius 1 is 1.17 bits per heavy atom. The van der Waals surface area contributed by atoms with E-state index in [-0.39, 0.29) is 23.5 Å². The van der Waals surface area contributed by atoms with Crippen LogP contribution >= 0.6 is 0 Å². The molecule has 6 heteroatoms. The Kier molecular flexibility index (Phi) is 4.06. The lowest BCUT2D eigenvalue weighted by Crippen LogP contribution is -2.31. The van der Waals surface area contributed by atoms with Crippen LogP contribution in [0, 0.1) is 0 Å². The van der Waals surface area contributed by atoms with Crippen molar-refractivity contribution in [2.45, 2.75) is 25.9 Å². The van der Waals surface area contributed by atoms with E-state index in [0.29, 0.717) is 12.1 Å². The second-order valence-corrected chi connectivity index (χ2v) is 5.68. The summed E-state index contributed by atoms with van der Waals surface area (Å²) in [7, 11) is 0. The Morgan fingerprint density at radius 2 is 1.91 bits per heavy atom. The third kappa shape index (κ3) is 2.92. The van der Waals surface area contributed by atoms with Crippen molar-refractivity contribution in [3.8, 4) is 5.75 Å². The summed E-state index contributed by atoms with van der Waals surface area (Å²) in [5.41, 5.74) is 1.52. The highest BCUT2D eigenvalue weighted by molar-refractivity contribution is 5.95. The van der Waals surface area contributed by atoms with Crippen molar-refractivity contribution in [3.05, 3.63) is 59.9 Å². The molecule has 0 spiro atoms. The molecule has 0 saturated heterocycles. The number of hydrogen-bond donors (Lipinski definition) is 2. The number of aromatic nitrogens is 2. The summed E-state index contributed by atoms with van der Waals surface area (Å²) in [5.74, 6) is -0.340. The Morgan fingerprint density at radius 3 is 2.57 bits per heavy atom. The van der Waals surface area contributed by atoms with Gasteiger partial charge in [0, 0.05) is 31.1 Å². The zero-order valence-electron chi connectivity index (χ0n) is 12.9. The third-order valence-electron chi connectivity index (χ3n) is 4.14. The smallest absolute Gasteiger partial charge is 0.289 e. The van der Waals surface area contributed by atoms with E-state index in [4.69, 9.17) is 0 Å². The minimum atomic E-state index is -0.341. The molecular formula is C17H19N3O3. The van der Waals surface area contributed by atoms with E-state index in [1.165, 1.54) is 0 Å². The number of rotatable bonds is 5. The molecule has 0 saturated carbocycles. The SMILES string of the molecule is CC1=C(O)C(=O)N(CCCn2ccnc2)C1c1ccc(O)cc1. The summed E-state index contributed by atoms with van der Waals surface area (Å²) >= 11 is 0. The number of aliphatic hydroxyl groups is 1. The van der Waals surface area contributed by atoms with E-state index >= 15 is 0 Å². The van der Waals surface area contributed by atoms with Gasteiger partial charge in [-0.25, -0.2) is 4.98 Å². The minimum absolute atomic E-state index is 0.175. The van der Waals surface area contributed by atoms with E-state index in [1.54, 1.807) is 48.6 Å². The van der Waals surface area contributed by atoms with Crippen molar-refractivity contribution in [1.82, 2.24) is 14.5 Å². The molecule has 1 unspecified atom stereocenters. The van der Waals surface area contributed by atoms with Gasteiger partial charge < -0.3 is 19.7 Å². The Hall–Kier alpha value is -2.76. The fourth-order valence-corrected chi connectivity index (χ4v) is 2.95. The molecule has 2 heterocycles. The third-order valence-corrected chi connectivity index (χ3v) is 4.14. The highest BCUT2D eigenvalue weighted by Crippen LogP contribution is 2.37. The highest BCUT2D eigenvalue weighted by atomic mass is 16.3. The van der Waals surface area contributed by atoms with Gasteiger partial charge in [0.1, 0.15) is 5.75 Å². The Bertz CT molecular complexity index is 720. The zero-order valence-corrected chi connectivity index (χ0v) is 12.9. The minimum Gasteiger partial charge on any atom is -0.508 e. The van der Waals surface area contributed by atoms with E-state index in [0.717, 1.165) is 18.5 Å². The number of carbonyl (C=O) groups excluding carboxylic acids is 1. The van der Waals surface area contributed by atoms with Crippen LogP contribution in [0.25, 0.3) is 0 Å². The fourth-order valence-electron chi connectivity index (χ4n) is 2.95. The lowest BCUT2D eigenvalue weighted by molar-refractivity contribution is -0.129. The average Bonchev–Trinajstić information content (AvgIpc) is 3.13. The maximum absolute atomic E-state index is 12.3. The lowest BCUT2D eigenvalue weighted by Gasteiger charge is -2.26. The molecule has 1 aromatic carbocycles. The number of aryl methyl sites for hydroxylation is 1. The van der Waals surface area contributed by atoms with Gasteiger partial charge in [-0.3, -0.25) is 4.79 Å². The number of phenols is 1. The standard InChI is InChI=1S/C17H19N3O3/c1-12-15(13-3-5-14(21)6-4-13)20(17(23)16(12)22)9-2-8-19-10-7-18-11-19/h3-7,10-11,15,21-22H,2,8-9H2,1H3. The zero-order chi connectivity index (χ0) is 16.4. The predicted molar refractivity (Wildman–Crippen MR) is 84.7 cm³/mol. The number of benzene rings is 1. The van der Waals surface area contributed by atoms with Gasteiger partial charge in [-0.2, -0.15) is 0 Å². The summed E-state index contributed by atoms with van der Waals surface area (Å²) in [5, 5.41) is 19.5. The van der Waals surface area contributed by atoms with Gasteiger partial charge in [-0.1, -0.05) is 12.1 Å². The number of imidazole rings is 1. The fraction of sp³-hybridized carbons (Fsp3) is 0.294. The van der Waals surface area contributed by atoms with Crippen molar-refractivity contribution in [3.63, 3.8) is 0 Å². The summed E-state index contributed by atoms with van der Waals surface area (Å²) in [6, 6.07) is 6.44. The molecule has 0 aliphatic carbocycles. The predicted octanol–water partition coefficient (Wildman–Crippen LogP) is 2.39. The summed E-state index contributed by atoms with van der Waals surface area (Å²) in [4.78, 5) is 18.0. The summed E-state index contributed by atoms with van der Waals surface area (Å²) in [6.45, 7) is 3.05. The summed E-state index contributed by atoms with van der Waals surface area (Å²) < 4.78 is 1.95. The number of aromatic hydroxyl groups is 1. The number of nitrogens with zero attached hydrogens (tertiary/aromatic N) is 3. The van der Waals surface area contributed by atoms with Gasteiger partial charge in [0.25, 0.3) is 5.91 Å². The van der Waals surface area contributed by atoms with Gasteiger partial charge in [0.15, 0.2) is 5.76 Å². The molecule has 3 rings (SSSR count). The van der Waals surface area contributed by atoms with Gasteiger partial charge in [-0.15, -0.1) is 0 Å². The first-order chi connectivity index (χ1) is 11.1. The molecule has 1 aliphatic rings. The van der Waals surface area contributed by atoms with Crippen LogP contribution in [0.1, 0.15) is 24.9 Å². The van der Waals surface area contributed by atoms with Crippen molar-refractivity contribution in [2.75, 3.05) is 6.54 Å². The quantitative estimate of drug-likeness (QED) is 0.888.